The number of ether oxygens (including phenoxy) is 1. The molecule has 0 aliphatic heterocycles. The Balaban J connectivity index is 2.14. The van der Waals surface area contributed by atoms with Crippen LogP contribution in [0.15, 0.2) is 48.5 Å². The fourth-order valence-electron chi connectivity index (χ4n) is 4.30. The van der Waals surface area contributed by atoms with Gasteiger partial charge in [0.15, 0.2) is 5.78 Å². The van der Waals surface area contributed by atoms with Crippen LogP contribution >= 0.6 is 7.60 Å². The third kappa shape index (κ3) is 5.46. The minimum atomic E-state index is -3.69. The third-order valence-corrected chi connectivity index (χ3v) is 8.25. The molecule has 2 atom stereocenters. The van der Waals surface area contributed by atoms with Crippen molar-refractivity contribution in [1.29, 1.82) is 0 Å². The Kier molecular flexibility index (Phi) is 7.74. The summed E-state index contributed by atoms with van der Waals surface area (Å²) in [7, 11) is -2.08. The number of methoxy groups -OCH3 is 1. The van der Waals surface area contributed by atoms with Crippen LogP contribution in [0.25, 0.3) is 0 Å². The Labute approximate surface area is 185 Å². The third-order valence-electron chi connectivity index (χ3n) is 5.48. The van der Waals surface area contributed by atoms with E-state index in [0.717, 1.165) is 24.0 Å². The molecule has 0 bridgehead atoms. The van der Waals surface area contributed by atoms with E-state index in [4.69, 9.17) is 13.8 Å². The Hall–Kier alpha value is -1.94. The lowest BCUT2D eigenvalue weighted by molar-refractivity contribution is 0.0874. The van der Waals surface area contributed by atoms with Gasteiger partial charge in [0, 0.05) is 11.5 Å². The van der Waals surface area contributed by atoms with E-state index < -0.39 is 19.2 Å². The first kappa shape index (κ1) is 23.7. The Morgan fingerprint density at radius 2 is 1.55 bits per heavy atom. The van der Waals surface area contributed by atoms with Crippen LogP contribution in [0.3, 0.4) is 0 Å². The van der Waals surface area contributed by atoms with Gasteiger partial charge < -0.3 is 13.8 Å². The van der Waals surface area contributed by atoms with Crippen molar-refractivity contribution in [2.24, 2.45) is 5.92 Å². The lowest BCUT2D eigenvalue weighted by atomic mass is 9.88. The van der Waals surface area contributed by atoms with Gasteiger partial charge in [0.2, 0.25) is 0 Å². The van der Waals surface area contributed by atoms with Crippen LogP contribution in [0.4, 0.5) is 0 Å². The second-order valence-electron chi connectivity index (χ2n) is 8.59. The molecule has 1 aliphatic rings. The van der Waals surface area contributed by atoms with Gasteiger partial charge in [0.25, 0.3) is 0 Å². The van der Waals surface area contributed by atoms with Gasteiger partial charge in [-0.05, 0) is 70.2 Å². The van der Waals surface area contributed by atoms with Crippen molar-refractivity contribution in [3.05, 3.63) is 65.2 Å². The zero-order valence-electron chi connectivity index (χ0n) is 19.0. The van der Waals surface area contributed by atoms with Crippen LogP contribution < -0.4 is 4.74 Å². The molecule has 0 N–H and O–H groups in total. The minimum Gasteiger partial charge on any atom is -0.497 e. The van der Waals surface area contributed by atoms with E-state index in [2.05, 4.69) is 0 Å². The molecule has 0 saturated carbocycles. The van der Waals surface area contributed by atoms with E-state index >= 15 is 0 Å². The highest BCUT2D eigenvalue weighted by Gasteiger charge is 2.47. The number of hydrogen-bond donors (Lipinski definition) is 0. The van der Waals surface area contributed by atoms with Gasteiger partial charge in [-0.2, -0.15) is 0 Å². The van der Waals surface area contributed by atoms with Gasteiger partial charge in [-0.1, -0.05) is 36.4 Å². The highest BCUT2D eigenvalue weighted by atomic mass is 31.2. The largest absolute Gasteiger partial charge is 0.497 e. The number of Topliss-reactive ketones (excluding diaryl/α,β-unsaturated/α-hetero) is 1. The number of benzene rings is 2. The molecule has 0 radical (unpaired) electrons. The molecule has 2 aromatic carbocycles. The van der Waals surface area contributed by atoms with Crippen LogP contribution in [0, 0.1) is 5.92 Å². The maximum atomic E-state index is 14.3. The van der Waals surface area contributed by atoms with E-state index in [-0.39, 0.29) is 18.0 Å². The number of fused-ring (bicyclic) bond motifs is 1. The SMILES string of the molecule is COc1ccc(C(C2CCCc3ccccc3C2=O)P(=O)(OC(C)C)OC(C)C)cc1. The number of hydrogen-bond acceptors (Lipinski definition) is 5. The summed E-state index contributed by atoms with van der Waals surface area (Å²) in [6.45, 7) is 7.36. The Bertz CT molecular complexity index is 921. The Morgan fingerprint density at radius 1 is 0.935 bits per heavy atom. The lowest BCUT2D eigenvalue weighted by Gasteiger charge is -2.34. The quantitative estimate of drug-likeness (QED) is 0.338. The van der Waals surface area contributed by atoms with Crippen molar-refractivity contribution in [2.45, 2.75) is 64.8 Å². The standard InChI is InChI=1S/C25H33O5P/c1-17(2)29-31(27,30-18(3)4)25(20-13-15-21(28-5)16-14-20)23-12-8-10-19-9-6-7-11-22(19)24(23)26/h6-7,9,11,13-18,23,25H,8,10,12H2,1-5H3. The monoisotopic (exact) mass is 444 g/mol. The molecule has 0 heterocycles. The molecule has 1 aliphatic carbocycles. The maximum Gasteiger partial charge on any atom is 0.339 e. The van der Waals surface area contributed by atoms with Crippen molar-refractivity contribution in [2.75, 3.05) is 7.11 Å². The lowest BCUT2D eigenvalue weighted by Crippen LogP contribution is -2.25. The number of ketones is 1. The van der Waals surface area contributed by atoms with Gasteiger partial charge in [-0.15, -0.1) is 0 Å². The van der Waals surface area contributed by atoms with Crippen molar-refractivity contribution in [1.82, 2.24) is 0 Å². The fraction of sp³-hybridized carbons (Fsp3) is 0.480. The van der Waals surface area contributed by atoms with Crippen molar-refractivity contribution in [3.8, 4) is 5.75 Å². The molecule has 0 spiro atoms. The van der Waals surface area contributed by atoms with Crippen LogP contribution in [0.2, 0.25) is 0 Å². The highest BCUT2D eigenvalue weighted by molar-refractivity contribution is 7.54. The van der Waals surface area contributed by atoms with E-state index in [1.165, 1.54) is 0 Å². The topological polar surface area (TPSA) is 61.8 Å². The summed E-state index contributed by atoms with van der Waals surface area (Å²) in [5.74, 6) is 0.207. The van der Waals surface area contributed by atoms with Crippen LogP contribution in [-0.4, -0.2) is 25.1 Å². The Morgan fingerprint density at radius 3 is 2.13 bits per heavy atom. The zero-order chi connectivity index (χ0) is 22.6. The number of carbonyl (C=O) groups excluding carboxylic acids is 1. The van der Waals surface area contributed by atoms with Gasteiger partial charge in [-0.25, -0.2) is 0 Å². The first-order valence-electron chi connectivity index (χ1n) is 11.0. The summed E-state index contributed by atoms with van der Waals surface area (Å²) in [4.78, 5) is 13.7. The van der Waals surface area contributed by atoms with Crippen LogP contribution in [0.1, 0.15) is 67.7 Å². The average Bonchev–Trinajstić information content (AvgIpc) is 2.87. The summed E-state index contributed by atoms with van der Waals surface area (Å²) in [5, 5.41) is 0. The first-order valence-corrected chi connectivity index (χ1v) is 12.6. The number of carbonyl (C=O) groups is 1. The van der Waals surface area contributed by atoms with Crippen LogP contribution in [-0.2, 0) is 20.0 Å². The highest BCUT2D eigenvalue weighted by Crippen LogP contribution is 2.66. The van der Waals surface area contributed by atoms with E-state index in [9.17, 15) is 9.36 Å². The predicted octanol–water partition coefficient (Wildman–Crippen LogP) is 6.61. The van der Waals surface area contributed by atoms with Crippen molar-refractivity contribution < 1.29 is 23.1 Å². The second kappa shape index (κ2) is 10.1. The minimum absolute atomic E-state index is 0.00820. The summed E-state index contributed by atoms with van der Waals surface area (Å²) in [5.41, 5.74) is 1.84. The molecule has 0 amide bonds. The van der Waals surface area contributed by atoms with Gasteiger partial charge in [0.1, 0.15) is 5.75 Å². The molecule has 0 aromatic heterocycles. The smallest absolute Gasteiger partial charge is 0.339 e. The molecular weight excluding hydrogens is 411 g/mol. The predicted molar refractivity (Wildman–Crippen MR) is 123 cm³/mol. The molecule has 6 heteroatoms. The number of rotatable bonds is 8. The van der Waals surface area contributed by atoms with Gasteiger partial charge in [-0.3, -0.25) is 9.36 Å². The van der Waals surface area contributed by atoms with E-state index in [0.29, 0.717) is 17.7 Å². The fourth-order valence-corrected chi connectivity index (χ4v) is 7.05. The second-order valence-corrected chi connectivity index (χ2v) is 10.6. The van der Waals surface area contributed by atoms with Gasteiger partial charge in [0.05, 0.1) is 25.0 Å². The van der Waals surface area contributed by atoms with Crippen LogP contribution in [0.5, 0.6) is 5.75 Å². The van der Waals surface area contributed by atoms with Crippen molar-refractivity contribution in [3.63, 3.8) is 0 Å². The van der Waals surface area contributed by atoms with E-state index in [1.54, 1.807) is 7.11 Å². The summed E-state index contributed by atoms with van der Waals surface area (Å²) < 4.78 is 31.6. The summed E-state index contributed by atoms with van der Waals surface area (Å²) >= 11 is 0. The molecule has 2 aromatic rings. The average molecular weight is 445 g/mol. The molecular formula is C25H33O5P. The molecule has 0 saturated heterocycles. The molecule has 0 fully saturated rings. The number of aryl methyl sites for hydroxylation is 1. The normalized spacial score (nSPS) is 18.0. The summed E-state index contributed by atoms with van der Waals surface area (Å²) in [6.07, 6.45) is 1.67. The zero-order valence-corrected chi connectivity index (χ0v) is 19.9. The first-order chi connectivity index (χ1) is 14.7. The molecule has 3 rings (SSSR count). The van der Waals surface area contributed by atoms with Gasteiger partial charge >= 0.3 is 7.60 Å². The van der Waals surface area contributed by atoms with Crippen molar-refractivity contribution >= 4 is 13.4 Å². The molecule has 2 unspecified atom stereocenters. The molecule has 31 heavy (non-hydrogen) atoms. The maximum absolute atomic E-state index is 14.3. The van der Waals surface area contributed by atoms with E-state index in [1.807, 2.05) is 76.2 Å². The molecule has 168 valence electrons. The summed E-state index contributed by atoms with van der Waals surface area (Å²) in [6, 6.07) is 15.1. The molecule has 5 nitrogen and oxygen atoms in total.